The zero-order valence-corrected chi connectivity index (χ0v) is 12.5. The molecule has 1 rings (SSSR count). The number of aryl methyl sites for hydroxylation is 1. The fraction of sp³-hybridized carbons (Fsp3) is 0.750. The molecule has 0 aliphatic rings. The summed E-state index contributed by atoms with van der Waals surface area (Å²) in [6.07, 6.45) is 0. The lowest BCUT2D eigenvalue weighted by molar-refractivity contribution is -0.384. The number of nitrogens with zero attached hydrogens (tertiary/aromatic N) is 4. The van der Waals surface area contributed by atoms with E-state index < -0.39 is 0 Å². The van der Waals surface area contributed by atoms with E-state index >= 15 is 0 Å². The van der Waals surface area contributed by atoms with E-state index in [1.165, 1.54) is 0 Å². The van der Waals surface area contributed by atoms with E-state index in [0.717, 1.165) is 6.54 Å². The van der Waals surface area contributed by atoms with Crippen LogP contribution >= 0.6 is 0 Å². The molecule has 1 unspecified atom stereocenters. The molecule has 0 radical (unpaired) electrons. The lowest BCUT2D eigenvalue weighted by Crippen LogP contribution is -2.31. The van der Waals surface area contributed by atoms with Gasteiger partial charge in [-0.3, -0.25) is 10.1 Å². The van der Waals surface area contributed by atoms with Crippen LogP contribution in [-0.4, -0.2) is 46.3 Å². The molecular formula is C12H23N5O2. The van der Waals surface area contributed by atoms with Crippen molar-refractivity contribution in [2.45, 2.75) is 39.8 Å². The average Bonchev–Trinajstić information content (AvgIpc) is 2.53. The van der Waals surface area contributed by atoms with E-state index in [1.54, 1.807) is 11.6 Å². The first-order valence-electron chi connectivity index (χ1n) is 6.38. The zero-order valence-electron chi connectivity index (χ0n) is 12.5. The minimum Gasteiger partial charge on any atom is -0.361 e. The third kappa shape index (κ3) is 3.66. The van der Waals surface area contributed by atoms with E-state index in [1.807, 2.05) is 39.8 Å². The summed E-state index contributed by atoms with van der Waals surface area (Å²) in [7, 11) is 3.94. The topological polar surface area (TPSA) is 76.2 Å². The molecule has 0 amide bonds. The molecule has 1 N–H and O–H groups in total. The van der Waals surface area contributed by atoms with Crippen molar-refractivity contribution < 1.29 is 4.92 Å². The number of anilines is 1. The van der Waals surface area contributed by atoms with Gasteiger partial charge in [0.15, 0.2) is 0 Å². The van der Waals surface area contributed by atoms with E-state index in [-0.39, 0.29) is 22.7 Å². The summed E-state index contributed by atoms with van der Waals surface area (Å²) in [6.45, 7) is 8.37. The predicted molar refractivity (Wildman–Crippen MR) is 75.6 cm³/mol. The van der Waals surface area contributed by atoms with Crippen LogP contribution in [0.2, 0.25) is 0 Å². The summed E-state index contributed by atoms with van der Waals surface area (Å²) in [4.78, 5) is 12.8. The Bertz CT molecular complexity index is 453. The maximum Gasteiger partial charge on any atom is 0.333 e. The van der Waals surface area contributed by atoms with Gasteiger partial charge in [0.2, 0.25) is 5.82 Å². The van der Waals surface area contributed by atoms with Crippen molar-refractivity contribution in [3.05, 3.63) is 15.8 Å². The molecule has 108 valence electrons. The van der Waals surface area contributed by atoms with Gasteiger partial charge in [0.1, 0.15) is 5.69 Å². The quantitative estimate of drug-likeness (QED) is 0.631. The van der Waals surface area contributed by atoms with Gasteiger partial charge in [-0.2, -0.15) is 5.10 Å². The first-order chi connectivity index (χ1) is 8.73. The van der Waals surface area contributed by atoms with Crippen LogP contribution in [0.5, 0.6) is 0 Å². The van der Waals surface area contributed by atoms with E-state index in [9.17, 15) is 10.1 Å². The SMILES string of the molecule is Cc1nn(C(C)C)c(NC(C)CN(C)C)c1[N+](=O)[O-]. The molecule has 19 heavy (non-hydrogen) atoms. The van der Waals surface area contributed by atoms with Crippen LogP contribution in [-0.2, 0) is 0 Å². The molecule has 1 aromatic heterocycles. The third-order valence-electron chi connectivity index (χ3n) is 2.75. The van der Waals surface area contributed by atoms with Crippen LogP contribution in [0.4, 0.5) is 11.5 Å². The highest BCUT2D eigenvalue weighted by molar-refractivity contribution is 5.60. The van der Waals surface area contributed by atoms with Crippen LogP contribution in [0.15, 0.2) is 0 Å². The predicted octanol–water partition coefficient (Wildman–Crippen LogP) is 2.04. The van der Waals surface area contributed by atoms with E-state index in [4.69, 9.17) is 0 Å². The van der Waals surface area contributed by atoms with Gasteiger partial charge >= 0.3 is 5.69 Å². The molecule has 0 fully saturated rings. The summed E-state index contributed by atoms with van der Waals surface area (Å²) in [5.74, 6) is 0.492. The number of hydrogen-bond acceptors (Lipinski definition) is 5. The Hall–Kier alpha value is -1.63. The Kier molecular flexibility index (Phi) is 4.88. The number of likely N-dealkylation sites (N-methyl/N-ethyl adjacent to an activating group) is 1. The Morgan fingerprint density at radius 2 is 2.00 bits per heavy atom. The number of nitro groups is 1. The molecule has 1 atom stereocenters. The molecule has 1 aromatic rings. The van der Waals surface area contributed by atoms with Crippen molar-refractivity contribution >= 4 is 11.5 Å². The maximum absolute atomic E-state index is 11.2. The van der Waals surface area contributed by atoms with Gasteiger partial charge in [-0.25, -0.2) is 4.68 Å². The minimum atomic E-state index is -0.369. The first kappa shape index (κ1) is 15.4. The van der Waals surface area contributed by atoms with Crippen molar-refractivity contribution in [2.24, 2.45) is 0 Å². The van der Waals surface area contributed by atoms with E-state index in [0.29, 0.717) is 11.5 Å². The molecule has 0 saturated heterocycles. The van der Waals surface area contributed by atoms with Crippen LogP contribution in [0.25, 0.3) is 0 Å². The standard InChI is InChI=1S/C12H23N5O2/c1-8(2)16-12(13-9(3)7-15(5)6)11(17(18)19)10(4)14-16/h8-9,13H,7H2,1-6H3. The van der Waals surface area contributed by atoms with Crippen LogP contribution < -0.4 is 5.32 Å². The number of nitrogens with one attached hydrogen (secondary N) is 1. The van der Waals surface area contributed by atoms with Gasteiger partial charge in [0.05, 0.1) is 4.92 Å². The summed E-state index contributed by atoms with van der Waals surface area (Å²) in [6, 6.07) is 0.170. The Morgan fingerprint density at radius 3 is 2.42 bits per heavy atom. The zero-order chi connectivity index (χ0) is 14.7. The van der Waals surface area contributed by atoms with Gasteiger partial charge in [-0.1, -0.05) is 0 Å². The fourth-order valence-corrected chi connectivity index (χ4v) is 2.09. The molecule has 7 nitrogen and oxygen atoms in total. The van der Waals surface area contributed by atoms with Gasteiger partial charge in [0, 0.05) is 18.6 Å². The average molecular weight is 269 g/mol. The second-order valence-electron chi connectivity index (χ2n) is 5.39. The molecule has 0 aromatic carbocycles. The highest BCUT2D eigenvalue weighted by atomic mass is 16.6. The maximum atomic E-state index is 11.2. The van der Waals surface area contributed by atoms with Crippen LogP contribution in [0, 0.1) is 17.0 Å². The number of rotatable bonds is 6. The number of aromatic nitrogens is 2. The van der Waals surface area contributed by atoms with Crippen molar-refractivity contribution in [1.29, 1.82) is 0 Å². The monoisotopic (exact) mass is 269 g/mol. The van der Waals surface area contributed by atoms with Crippen LogP contribution in [0.3, 0.4) is 0 Å². The van der Waals surface area contributed by atoms with Crippen molar-refractivity contribution in [1.82, 2.24) is 14.7 Å². The Labute approximate surface area is 113 Å². The highest BCUT2D eigenvalue weighted by Gasteiger charge is 2.27. The lowest BCUT2D eigenvalue weighted by Gasteiger charge is -2.20. The molecule has 1 heterocycles. The Morgan fingerprint density at radius 1 is 1.42 bits per heavy atom. The van der Waals surface area contributed by atoms with Gasteiger partial charge < -0.3 is 10.2 Å². The first-order valence-corrected chi connectivity index (χ1v) is 6.38. The molecule has 0 spiro atoms. The summed E-state index contributed by atoms with van der Waals surface area (Å²) in [5.41, 5.74) is 0.512. The number of hydrogen-bond donors (Lipinski definition) is 1. The molecule has 0 aliphatic carbocycles. The highest BCUT2D eigenvalue weighted by Crippen LogP contribution is 2.31. The largest absolute Gasteiger partial charge is 0.361 e. The fourth-order valence-electron chi connectivity index (χ4n) is 2.09. The molecule has 0 saturated carbocycles. The minimum absolute atomic E-state index is 0.0688. The summed E-state index contributed by atoms with van der Waals surface area (Å²) in [5, 5.41) is 18.7. The molecule has 0 aliphatic heterocycles. The van der Waals surface area contributed by atoms with Crippen LogP contribution in [0.1, 0.15) is 32.5 Å². The summed E-state index contributed by atoms with van der Waals surface area (Å²) >= 11 is 0. The molecular weight excluding hydrogens is 246 g/mol. The Balaban J connectivity index is 3.12. The lowest BCUT2D eigenvalue weighted by atomic mass is 10.3. The van der Waals surface area contributed by atoms with Crippen molar-refractivity contribution in [2.75, 3.05) is 26.0 Å². The second kappa shape index (κ2) is 6.01. The second-order valence-corrected chi connectivity index (χ2v) is 5.39. The summed E-state index contributed by atoms with van der Waals surface area (Å²) < 4.78 is 1.68. The van der Waals surface area contributed by atoms with Gasteiger partial charge in [-0.15, -0.1) is 0 Å². The third-order valence-corrected chi connectivity index (χ3v) is 2.75. The molecule has 0 bridgehead atoms. The van der Waals surface area contributed by atoms with E-state index in [2.05, 4.69) is 10.4 Å². The van der Waals surface area contributed by atoms with Crippen molar-refractivity contribution in [3.8, 4) is 0 Å². The van der Waals surface area contributed by atoms with Crippen molar-refractivity contribution in [3.63, 3.8) is 0 Å². The van der Waals surface area contributed by atoms with Gasteiger partial charge in [0.25, 0.3) is 0 Å². The van der Waals surface area contributed by atoms with Gasteiger partial charge in [-0.05, 0) is 41.8 Å². The normalized spacial score (nSPS) is 13.1. The smallest absolute Gasteiger partial charge is 0.333 e. The molecule has 7 heteroatoms.